The summed E-state index contributed by atoms with van der Waals surface area (Å²) in [6.07, 6.45) is 5.58. The molecule has 3 aliphatic rings. The molecule has 1 atom stereocenters. The molecule has 0 bridgehead atoms. The van der Waals surface area contributed by atoms with E-state index < -0.39 is 35.3 Å². The largest absolute Gasteiger partial charge is 0.490 e. The zero-order chi connectivity index (χ0) is 45.9. The molecule has 0 aliphatic carbocycles. The van der Waals surface area contributed by atoms with Crippen molar-refractivity contribution in [1.82, 2.24) is 25.1 Å². The Labute approximate surface area is 380 Å². The van der Waals surface area contributed by atoms with Gasteiger partial charge in [0.25, 0.3) is 11.8 Å². The van der Waals surface area contributed by atoms with Crippen LogP contribution in [0.1, 0.15) is 88.7 Å². The van der Waals surface area contributed by atoms with Gasteiger partial charge in [-0.1, -0.05) is 30.0 Å². The van der Waals surface area contributed by atoms with Crippen LogP contribution in [0.25, 0.3) is 10.4 Å². The summed E-state index contributed by atoms with van der Waals surface area (Å²) in [5.74, 6) is 4.73. The number of hydrogen-bond donors (Lipinski definition) is 3. The van der Waals surface area contributed by atoms with Gasteiger partial charge in [0.1, 0.15) is 30.6 Å². The highest BCUT2D eigenvalue weighted by atomic mass is 32.1. The van der Waals surface area contributed by atoms with Crippen molar-refractivity contribution in [2.24, 2.45) is 0 Å². The number of pyridine rings is 1. The van der Waals surface area contributed by atoms with E-state index in [0.29, 0.717) is 51.9 Å². The topological polar surface area (TPSA) is 222 Å². The summed E-state index contributed by atoms with van der Waals surface area (Å²) in [7, 11) is 0. The highest BCUT2D eigenvalue weighted by molar-refractivity contribution is 7.15. The van der Waals surface area contributed by atoms with E-state index in [9.17, 15) is 29.1 Å². The maximum Gasteiger partial charge on any atom is 0.266 e. The van der Waals surface area contributed by atoms with Crippen LogP contribution >= 0.6 is 11.3 Å². The first kappa shape index (κ1) is 46.8. The van der Waals surface area contributed by atoms with Gasteiger partial charge in [-0.15, -0.1) is 11.3 Å². The SMILES string of the molecule is CC(C)(O)C#Cc1cccc(COc2cc(-c3cnc(C4CCN(C(=O)CCOCCOCCOCCOc5cccc6c5C(=O)N(C5CCC(=O)NC5=O)C6=O)CC4)s3)cnc2N)c1. The predicted octanol–water partition coefficient (Wildman–Crippen LogP) is 4.11. The van der Waals surface area contributed by atoms with E-state index >= 15 is 0 Å². The maximum absolute atomic E-state index is 13.2. The minimum atomic E-state index is -1.08. The van der Waals surface area contributed by atoms with Gasteiger partial charge in [0.2, 0.25) is 17.7 Å². The number of amides is 5. The number of aromatic nitrogens is 2. The zero-order valence-corrected chi connectivity index (χ0v) is 37.2. The fraction of sp³-hybridized carbons (Fsp3) is 0.426. The number of thiazole rings is 1. The van der Waals surface area contributed by atoms with Crippen LogP contribution in [-0.4, -0.2) is 125 Å². The quantitative estimate of drug-likeness (QED) is 0.0685. The Bertz CT molecular complexity index is 2450. The molecule has 2 aromatic heterocycles. The lowest BCUT2D eigenvalue weighted by atomic mass is 9.97. The Morgan fingerprint density at radius 1 is 0.877 bits per heavy atom. The highest BCUT2D eigenvalue weighted by Gasteiger charge is 2.46. The lowest BCUT2D eigenvalue weighted by molar-refractivity contribution is -0.136. The minimum absolute atomic E-state index is 0.0382. The Kier molecular flexibility index (Phi) is 15.6. The van der Waals surface area contributed by atoms with E-state index in [1.54, 1.807) is 43.5 Å². The average Bonchev–Trinajstić information content (AvgIpc) is 3.88. The monoisotopic (exact) mass is 908 g/mol. The molecule has 2 saturated heterocycles. The fourth-order valence-corrected chi connectivity index (χ4v) is 8.56. The molecule has 0 spiro atoms. The van der Waals surface area contributed by atoms with Crippen molar-refractivity contribution in [2.45, 2.75) is 70.1 Å². The number of imide groups is 2. The number of likely N-dealkylation sites (tertiary alicyclic amines) is 1. The zero-order valence-electron chi connectivity index (χ0n) is 36.3. The van der Waals surface area contributed by atoms with Crippen LogP contribution in [0.15, 0.2) is 60.9 Å². The van der Waals surface area contributed by atoms with Gasteiger partial charge in [0.15, 0.2) is 11.6 Å². The molecule has 3 aliphatic heterocycles. The molecule has 7 rings (SSSR count). The Hall–Kier alpha value is -6.23. The van der Waals surface area contributed by atoms with E-state index in [4.69, 9.17) is 34.4 Å². The Morgan fingerprint density at radius 3 is 2.34 bits per heavy atom. The van der Waals surface area contributed by atoms with Gasteiger partial charge in [0, 0.05) is 48.9 Å². The molecule has 2 aromatic carbocycles. The standard InChI is InChI=1S/C47H52N6O11S/c1-47(2,59)15-11-30-5-3-6-31(25-30)29-64-37-26-33(27-49-42(37)48)38-28-50-44(65-38)32-12-16-52(17-13-32)40(55)14-18-60-19-20-61-21-22-62-23-24-63-36-8-4-7-34-41(36)46(58)53(45(34)57)35-9-10-39(54)51-43(35)56/h3-8,25-28,32,35,59H,9-10,12-14,16-24,29H2,1-2H3,(H2,48,49)(H,51,54,56). The second kappa shape index (κ2) is 21.6. The molecule has 1 unspecified atom stereocenters. The van der Waals surface area contributed by atoms with Gasteiger partial charge in [-0.05, 0) is 69.0 Å². The molecule has 65 heavy (non-hydrogen) atoms. The van der Waals surface area contributed by atoms with Crippen molar-refractivity contribution in [3.8, 4) is 33.8 Å². The molecule has 17 nitrogen and oxygen atoms in total. The summed E-state index contributed by atoms with van der Waals surface area (Å²) in [4.78, 5) is 75.9. The van der Waals surface area contributed by atoms with E-state index in [1.807, 2.05) is 41.4 Å². The van der Waals surface area contributed by atoms with Crippen molar-refractivity contribution in [1.29, 1.82) is 0 Å². The van der Waals surface area contributed by atoms with Crippen LogP contribution < -0.4 is 20.5 Å². The van der Waals surface area contributed by atoms with Crippen molar-refractivity contribution in [3.63, 3.8) is 0 Å². The van der Waals surface area contributed by atoms with Crippen LogP contribution in [0.3, 0.4) is 0 Å². The van der Waals surface area contributed by atoms with Crippen LogP contribution in [0.4, 0.5) is 5.82 Å². The van der Waals surface area contributed by atoms with E-state index in [2.05, 4.69) is 22.1 Å². The Morgan fingerprint density at radius 2 is 1.60 bits per heavy atom. The normalized spacial score (nSPS) is 16.6. The summed E-state index contributed by atoms with van der Waals surface area (Å²) < 4.78 is 28.6. The molecule has 0 saturated carbocycles. The first-order valence-corrected chi connectivity index (χ1v) is 22.3. The number of nitrogens with two attached hydrogens (primary N) is 1. The number of nitrogen functional groups attached to an aromatic ring is 1. The predicted molar refractivity (Wildman–Crippen MR) is 238 cm³/mol. The third kappa shape index (κ3) is 12.3. The van der Waals surface area contributed by atoms with Crippen LogP contribution in [-0.2, 0) is 35.2 Å². The van der Waals surface area contributed by atoms with E-state index in [1.165, 1.54) is 6.07 Å². The molecular weight excluding hydrogens is 857 g/mol. The third-order valence-electron chi connectivity index (χ3n) is 10.8. The number of hydrogen-bond acceptors (Lipinski definition) is 15. The molecule has 18 heteroatoms. The number of rotatable bonds is 19. The summed E-state index contributed by atoms with van der Waals surface area (Å²) >= 11 is 1.61. The van der Waals surface area contributed by atoms with Gasteiger partial charge in [-0.2, -0.15) is 0 Å². The summed E-state index contributed by atoms with van der Waals surface area (Å²) in [6.45, 7) is 6.72. The van der Waals surface area contributed by atoms with Crippen molar-refractivity contribution < 1.29 is 52.8 Å². The summed E-state index contributed by atoms with van der Waals surface area (Å²) in [5, 5.41) is 13.1. The number of fused-ring (bicyclic) bond motifs is 1. The third-order valence-corrected chi connectivity index (χ3v) is 12.0. The summed E-state index contributed by atoms with van der Waals surface area (Å²) in [6, 6.07) is 13.1. The van der Waals surface area contributed by atoms with Gasteiger partial charge >= 0.3 is 0 Å². The number of anilines is 1. The van der Waals surface area contributed by atoms with E-state index in [0.717, 1.165) is 44.3 Å². The number of nitrogens with one attached hydrogen (secondary N) is 1. The maximum atomic E-state index is 13.2. The van der Waals surface area contributed by atoms with Gasteiger partial charge < -0.3 is 39.4 Å². The summed E-state index contributed by atoms with van der Waals surface area (Å²) in [5.41, 5.74) is 7.85. The number of carbonyl (C=O) groups excluding carboxylic acids is 5. The average molecular weight is 909 g/mol. The molecular formula is C47H52N6O11S. The van der Waals surface area contributed by atoms with Gasteiger partial charge in [-0.25, -0.2) is 9.97 Å². The second-order valence-corrected chi connectivity index (χ2v) is 17.2. The second-order valence-electron chi connectivity index (χ2n) is 16.2. The number of carbonyl (C=O) groups is 5. The number of aliphatic hydroxyl groups is 1. The van der Waals surface area contributed by atoms with Gasteiger partial charge in [0.05, 0.1) is 67.1 Å². The molecule has 2 fully saturated rings. The molecule has 4 N–H and O–H groups in total. The van der Waals surface area contributed by atoms with Crippen molar-refractivity contribution in [3.05, 3.63) is 88.2 Å². The number of benzene rings is 2. The van der Waals surface area contributed by atoms with Gasteiger partial charge in [-0.3, -0.25) is 34.2 Å². The van der Waals surface area contributed by atoms with E-state index in [-0.39, 0.29) is 73.6 Å². The van der Waals surface area contributed by atoms with Crippen LogP contribution in [0, 0.1) is 11.8 Å². The fourth-order valence-electron chi connectivity index (χ4n) is 7.49. The first-order valence-electron chi connectivity index (χ1n) is 21.5. The lowest BCUT2D eigenvalue weighted by Crippen LogP contribution is -2.54. The van der Waals surface area contributed by atoms with Crippen molar-refractivity contribution >= 4 is 46.7 Å². The minimum Gasteiger partial charge on any atom is -0.490 e. The molecule has 342 valence electrons. The number of ether oxygens (including phenoxy) is 5. The molecule has 4 aromatic rings. The Balaban J connectivity index is 0.740. The van der Waals surface area contributed by atoms with Crippen molar-refractivity contribution in [2.75, 3.05) is 65.1 Å². The molecule has 5 heterocycles. The molecule has 5 amide bonds. The lowest BCUT2D eigenvalue weighted by Gasteiger charge is -2.31. The van der Waals surface area contributed by atoms with Crippen LogP contribution in [0.2, 0.25) is 0 Å². The molecule has 0 radical (unpaired) electrons. The smallest absolute Gasteiger partial charge is 0.266 e. The number of piperidine rings is 2. The highest BCUT2D eigenvalue weighted by Crippen LogP contribution is 2.37. The first-order chi connectivity index (χ1) is 31.3. The van der Waals surface area contributed by atoms with Crippen LogP contribution in [0.5, 0.6) is 11.5 Å². The number of nitrogens with zero attached hydrogens (tertiary/aromatic N) is 4.